The van der Waals surface area contributed by atoms with Crippen molar-refractivity contribution in [1.29, 1.82) is 0 Å². The molecule has 12 heteroatoms. The third kappa shape index (κ3) is 32.8. The smallest absolute Gasteiger partial charge is 0.411 e. The monoisotopic (exact) mass is 1010 g/mol. The van der Waals surface area contributed by atoms with Gasteiger partial charge in [0.05, 0.1) is 24.9 Å². The van der Waals surface area contributed by atoms with E-state index >= 15 is 0 Å². The lowest BCUT2D eigenvalue weighted by molar-refractivity contribution is -0.302. The molecule has 0 aliphatic carbocycles. The molecule has 0 unspecified atom stereocenters. The van der Waals surface area contributed by atoms with Crippen molar-refractivity contribution in [1.82, 2.24) is 5.32 Å². The van der Waals surface area contributed by atoms with Crippen LogP contribution in [0.25, 0.3) is 0 Å². The molecule has 0 saturated carbocycles. The Hall–Kier alpha value is -2.03. The second-order valence-electron chi connectivity index (χ2n) is 21.4. The molecule has 416 valence electrons. The van der Waals surface area contributed by atoms with Crippen molar-refractivity contribution in [3.8, 4) is 0 Å². The predicted molar refractivity (Wildman–Crippen MR) is 294 cm³/mol. The first kappa shape index (κ1) is 65.1. The van der Waals surface area contributed by atoms with Crippen molar-refractivity contribution in [2.45, 2.75) is 300 Å². The SMILES string of the molecule is CCCCCCCCCCCCCCCCCCCCCCCCCCN[C@@H](CO[C@H]1O[C@H](COC(=O)Nc2ccc(N(C)C)cc2)[C@H](O)[C@H](O)[C@H]1O)[C@H](O)[C@H](O)CCCCCCCCCCCCCC. The fourth-order valence-corrected chi connectivity index (χ4v) is 9.83. The van der Waals surface area contributed by atoms with Gasteiger partial charge in [0.2, 0.25) is 0 Å². The number of ether oxygens (including phenoxy) is 3. The highest BCUT2D eigenvalue weighted by atomic mass is 16.7. The van der Waals surface area contributed by atoms with Gasteiger partial charge in [0.15, 0.2) is 6.29 Å². The fraction of sp³-hybridized carbons (Fsp3) is 0.881. The van der Waals surface area contributed by atoms with Crippen LogP contribution in [0.15, 0.2) is 24.3 Å². The third-order valence-corrected chi connectivity index (χ3v) is 14.7. The number of carbonyl (C=O) groups excluding carboxylic acids is 1. The summed E-state index contributed by atoms with van der Waals surface area (Å²) in [5.74, 6) is 0. The van der Waals surface area contributed by atoms with Gasteiger partial charge in [-0.15, -0.1) is 0 Å². The van der Waals surface area contributed by atoms with Gasteiger partial charge in [-0.2, -0.15) is 0 Å². The zero-order valence-electron chi connectivity index (χ0n) is 46.0. The molecule has 1 aromatic carbocycles. The number of unbranched alkanes of at least 4 members (excludes halogenated alkanes) is 34. The number of amides is 1. The van der Waals surface area contributed by atoms with Crippen molar-refractivity contribution < 1.29 is 44.5 Å². The summed E-state index contributed by atoms with van der Waals surface area (Å²) in [5, 5.41) is 61.0. The molecule has 2 rings (SSSR count). The minimum absolute atomic E-state index is 0.127. The first-order chi connectivity index (χ1) is 34.6. The fourth-order valence-electron chi connectivity index (χ4n) is 9.83. The van der Waals surface area contributed by atoms with E-state index in [0.717, 1.165) is 44.2 Å². The number of nitrogens with zero attached hydrogens (tertiary/aromatic N) is 1. The summed E-state index contributed by atoms with van der Waals surface area (Å²) < 4.78 is 17.2. The van der Waals surface area contributed by atoms with Crippen LogP contribution in [0.1, 0.15) is 251 Å². The molecule has 1 saturated heterocycles. The molecular formula is C59H111N3O9. The van der Waals surface area contributed by atoms with E-state index in [2.05, 4.69) is 24.5 Å². The lowest BCUT2D eigenvalue weighted by Gasteiger charge is -2.40. The molecule has 1 aliphatic rings. The molecule has 8 atom stereocenters. The van der Waals surface area contributed by atoms with E-state index < -0.39 is 61.7 Å². The molecule has 1 amide bonds. The zero-order valence-corrected chi connectivity index (χ0v) is 46.0. The summed E-state index contributed by atoms with van der Waals surface area (Å²) in [7, 11) is 3.84. The van der Waals surface area contributed by atoms with Crippen molar-refractivity contribution in [3.05, 3.63) is 24.3 Å². The molecular weight excluding hydrogens is 895 g/mol. The average molecular weight is 1010 g/mol. The van der Waals surface area contributed by atoms with Gasteiger partial charge in [0, 0.05) is 25.5 Å². The molecule has 0 spiro atoms. The molecule has 1 aromatic rings. The molecule has 0 radical (unpaired) electrons. The maximum atomic E-state index is 12.6. The van der Waals surface area contributed by atoms with Crippen LogP contribution in [-0.2, 0) is 14.2 Å². The van der Waals surface area contributed by atoms with Gasteiger partial charge < -0.3 is 50.0 Å². The topological polar surface area (TPSA) is 173 Å². The minimum Gasteiger partial charge on any atom is -0.446 e. The Morgan fingerprint density at radius 3 is 1.37 bits per heavy atom. The average Bonchev–Trinajstić information content (AvgIpc) is 3.36. The summed E-state index contributed by atoms with van der Waals surface area (Å²) in [6, 6.07) is 6.51. The lowest BCUT2D eigenvalue weighted by Crippen LogP contribution is -2.60. The van der Waals surface area contributed by atoms with Crippen molar-refractivity contribution >= 4 is 17.5 Å². The van der Waals surface area contributed by atoms with Crippen LogP contribution < -0.4 is 15.5 Å². The Morgan fingerprint density at radius 2 is 0.958 bits per heavy atom. The summed E-state index contributed by atoms with van der Waals surface area (Å²) in [4.78, 5) is 14.6. The van der Waals surface area contributed by atoms with Crippen LogP contribution in [-0.4, -0.2) is 114 Å². The number of rotatable bonds is 48. The molecule has 1 fully saturated rings. The standard InChI is InChI=1S/C59H111N3O9/c1-5-7-9-11-13-15-17-19-20-21-22-23-24-25-26-27-28-29-30-32-34-36-38-40-46-60-51(54(64)52(63)41-39-37-35-33-31-18-16-14-12-10-8-6-2)47-69-58-57(67)56(66)55(65)53(71-58)48-70-59(68)61-49-42-44-50(45-43-49)62(3)4/h42-45,51-58,60,63-67H,5-41,46-48H2,1-4H3,(H,61,68)/t51-,52+,53+,54-,55-,56-,57+,58-/m0/s1. The molecule has 7 N–H and O–H groups in total. The molecule has 1 heterocycles. The predicted octanol–water partition coefficient (Wildman–Crippen LogP) is 13.3. The molecule has 0 aromatic heterocycles. The van der Waals surface area contributed by atoms with E-state index in [1.807, 2.05) is 31.1 Å². The van der Waals surface area contributed by atoms with Crippen LogP contribution in [0.4, 0.5) is 16.2 Å². The normalized spacial score (nSPS) is 19.4. The Bertz CT molecular complexity index is 1340. The number of aliphatic hydroxyl groups excluding tert-OH is 5. The van der Waals surface area contributed by atoms with E-state index in [-0.39, 0.29) is 6.61 Å². The lowest BCUT2D eigenvalue weighted by atomic mass is 9.98. The number of hydrogen-bond acceptors (Lipinski definition) is 11. The number of anilines is 2. The van der Waals surface area contributed by atoms with Gasteiger partial charge in [0.25, 0.3) is 0 Å². The van der Waals surface area contributed by atoms with Crippen LogP contribution >= 0.6 is 0 Å². The highest BCUT2D eigenvalue weighted by molar-refractivity contribution is 5.84. The van der Waals surface area contributed by atoms with E-state index in [9.17, 15) is 30.3 Å². The van der Waals surface area contributed by atoms with Crippen LogP contribution in [0.2, 0.25) is 0 Å². The van der Waals surface area contributed by atoms with Gasteiger partial charge in [0.1, 0.15) is 31.0 Å². The largest absolute Gasteiger partial charge is 0.446 e. The van der Waals surface area contributed by atoms with Crippen LogP contribution in [0, 0.1) is 0 Å². The Balaban J connectivity index is 1.71. The Kier molecular flexibility index (Phi) is 40.6. The maximum Gasteiger partial charge on any atom is 0.411 e. The van der Waals surface area contributed by atoms with E-state index in [4.69, 9.17) is 14.2 Å². The first-order valence-corrected chi connectivity index (χ1v) is 29.7. The molecule has 12 nitrogen and oxygen atoms in total. The van der Waals surface area contributed by atoms with Crippen molar-refractivity contribution in [3.63, 3.8) is 0 Å². The van der Waals surface area contributed by atoms with Crippen molar-refractivity contribution in [2.24, 2.45) is 0 Å². The highest BCUT2D eigenvalue weighted by Gasteiger charge is 2.45. The Morgan fingerprint density at radius 1 is 0.563 bits per heavy atom. The maximum absolute atomic E-state index is 12.6. The second kappa shape index (κ2) is 44.3. The molecule has 71 heavy (non-hydrogen) atoms. The molecule has 1 aliphatic heterocycles. The minimum atomic E-state index is -1.63. The summed E-state index contributed by atoms with van der Waals surface area (Å²) in [6.45, 7) is 4.62. The van der Waals surface area contributed by atoms with Gasteiger partial charge in [-0.1, -0.05) is 239 Å². The van der Waals surface area contributed by atoms with Gasteiger partial charge in [-0.05, 0) is 43.7 Å². The summed E-state index contributed by atoms with van der Waals surface area (Å²) in [6.07, 6.45) is 37.0. The summed E-state index contributed by atoms with van der Waals surface area (Å²) >= 11 is 0. The van der Waals surface area contributed by atoms with E-state index in [0.29, 0.717) is 18.7 Å². The molecule has 0 bridgehead atoms. The van der Waals surface area contributed by atoms with Gasteiger partial charge in [-0.25, -0.2) is 4.79 Å². The van der Waals surface area contributed by atoms with E-state index in [1.165, 1.54) is 193 Å². The number of aliphatic hydroxyl groups is 5. The second-order valence-corrected chi connectivity index (χ2v) is 21.4. The number of benzene rings is 1. The quantitative estimate of drug-likeness (QED) is 0.0310. The number of hydrogen-bond donors (Lipinski definition) is 7. The van der Waals surface area contributed by atoms with Gasteiger partial charge >= 0.3 is 6.09 Å². The Labute approximate surface area is 434 Å². The van der Waals surface area contributed by atoms with Crippen LogP contribution in [0.5, 0.6) is 0 Å². The van der Waals surface area contributed by atoms with Crippen LogP contribution in [0.3, 0.4) is 0 Å². The third-order valence-electron chi connectivity index (χ3n) is 14.7. The first-order valence-electron chi connectivity index (χ1n) is 29.7. The zero-order chi connectivity index (χ0) is 51.6. The van der Waals surface area contributed by atoms with E-state index in [1.54, 1.807) is 12.1 Å². The highest BCUT2D eigenvalue weighted by Crippen LogP contribution is 2.25. The van der Waals surface area contributed by atoms with Crippen molar-refractivity contribution in [2.75, 3.05) is 44.1 Å². The summed E-state index contributed by atoms with van der Waals surface area (Å²) in [5.41, 5.74) is 1.48. The number of nitrogens with one attached hydrogen (secondary N) is 2. The number of carbonyl (C=O) groups is 1. The van der Waals surface area contributed by atoms with Gasteiger partial charge in [-0.3, -0.25) is 5.32 Å².